The molecule has 14 heavy (non-hydrogen) atoms. The molecule has 0 radical (unpaired) electrons. The van der Waals surface area contributed by atoms with Crippen LogP contribution in [0.3, 0.4) is 0 Å². The predicted octanol–water partition coefficient (Wildman–Crippen LogP) is 2.56. The van der Waals surface area contributed by atoms with Crippen LogP contribution in [0.2, 0.25) is 0 Å². The molecule has 0 saturated heterocycles. The van der Waals surface area contributed by atoms with Gasteiger partial charge >= 0.3 is 5.97 Å². The van der Waals surface area contributed by atoms with E-state index in [9.17, 15) is 4.79 Å². The van der Waals surface area contributed by atoms with E-state index in [4.69, 9.17) is 10.4 Å². The Balaban J connectivity index is 2.87. The molecule has 2 rings (SSSR count). The van der Waals surface area contributed by atoms with Crippen LogP contribution in [-0.4, -0.2) is 16.1 Å². The van der Waals surface area contributed by atoms with Gasteiger partial charge in [0.15, 0.2) is 0 Å². The first-order valence-corrected chi connectivity index (χ1v) is 5.24. The lowest BCUT2D eigenvalue weighted by Crippen LogP contribution is -1.98. The molecule has 2 aromatic heterocycles. The van der Waals surface area contributed by atoms with Gasteiger partial charge in [-0.1, -0.05) is 0 Å². The number of hydrogen-bond acceptors (Lipinski definition) is 3. The normalized spacial score (nSPS) is 10.3. The number of nitrogens with one attached hydrogen (secondary N) is 1. The molecule has 0 spiro atoms. The third kappa shape index (κ3) is 1.14. The van der Waals surface area contributed by atoms with Crippen LogP contribution >= 0.6 is 27.3 Å². The van der Waals surface area contributed by atoms with E-state index in [1.807, 2.05) is 11.4 Å². The summed E-state index contributed by atoms with van der Waals surface area (Å²) in [6.07, 6.45) is 0. The Morgan fingerprint density at radius 1 is 1.71 bits per heavy atom. The smallest absolute Gasteiger partial charge is 0.353 e. The number of nitriles is 1. The van der Waals surface area contributed by atoms with E-state index >= 15 is 0 Å². The fourth-order valence-corrected chi connectivity index (χ4v) is 2.80. The minimum Gasteiger partial charge on any atom is -0.477 e. The number of aromatic amines is 1. The maximum absolute atomic E-state index is 10.8. The zero-order valence-corrected chi connectivity index (χ0v) is 9.07. The van der Waals surface area contributed by atoms with Crippen LogP contribution in [0.1, 0.15) is 16.1 Å². The van der Waals surface area contributed by atoms with E-state index in [-0.39, 0.29) is 11.3 Å². The van der Waals surface area contributed by atoms with Crippen molar-refractivity contribution in [2.24, 2.45) is 0 Å². The lowest BCUT2D eigenvalue weighted by Gasteiger charge is -1.87. The number of carboxylic acid groups (broad SMARTS) is 1. The third-order valence-electron chi connectivity index (χ3n) is 1.80. The number of aromatic nitrogens is 1. The molecule has 2 N–H and O–H groups in total. The Labute approximate surface area is 90.9 Å². The number of hydrogen-bond donors (Lipinski definition) is 2. The Bertz CT molecular complexity index is 564. The minimum absolute atomic E-state index is 0.0462. The zero-order valence-electron chi connectivity index (χ0n) is 6.67. The highest BCUT2D eigenvalue weighted by Gasteiger charge is 2.19. The van der Waals surface area contributed by atoms with Crippen molar-refractivity contribution >= 4 is 43.5 Å². The zero-order chi connectivity index (χ0) is 10.3. The number of aromatic carboxylic acids is 1. The summed E-state index contributed by atoms with van der Waals surface area (Å²) < 4.78 is 1.46. The van der Waals surface area contributed by atoms with E-state index in [0.717, 1.165) is 4.47 Å². The molecule has 0 amide bonds. The van der Waals surface area contributed by atoms with Gasteiger partial charge in [0, 0.05) is 5.38 Å². The van der Waals surface area contributed by atoms with Gasteiger partial charge in [0.05, 0.1) is 14.7 Å². The van der Waals surface area contributed by atoms with E-state index < -0.39 is 5.97 Å². The highest BCUT2D eigenvalue weighted by atomic mass is 79.9. The lowest BCUT2D eigenvalue weighted by molar-refractivity contribution is 0.0691. The van der Waals surface area contributed by atoms with Crippen molar-refractivity contribution in [1.29, 1.82) is 5.26 Å². The van der Waals surface area contributed by atoms with Crippen LogP contribution in [0.5, 0.6) is 0 Å². The molecule has 2 heterocycles. The summed E-state index contributed by atoms with van der Waals surface area (Å²) in [6.45, 7) is 0. The van der Waals surface area contributed by atoms with Crippen molar-refractivity contribution in [1.82, 2.24) is 4.98 Å². The molecule has 0 aliphatic rings. The maximum atomic E-state index is 10.8. The molecule has 70 valence electrons. The van der Waals surface area contributed by atoms with Crippen molar-refractivity contribution in [2.75, 3.05) is 0 Å². The van der Waals surface area contributed by atoms with Crippen LogP contribution in [0.15, 0.2) is 9.85 Å². The van der Waals surface area contributed by atoms with Gasteiger partial charge < -0.3 is 10.1 Å². The van der Waals surface area contributed by atoms with E-state index in [2.05, 4.69) is 20.9 Å². The SMILES string of the molecule is N#Cc1c(C(=O)O)[nH]c2c(Br)csc12. The van der Waals surface area contributed by atoms with Crippen molar-refractivity contribution in [3.8, 4) is 6.07 Å². The lowest BCUT2D eigenvalue weighted by atomic mass is 10.2. The first-order valence-electron chi connectivity index (χ1n) is 3.57. The van der Waals surface area contributed by atoms with Gasteiger partial charge in [-0.15, -0.1) is 11.3 Å². The van der Waals surface area contributed by atoms with Gasteiger partial charge in [-0.25, -0.2) is 4.79 Å². The summed E-state index contributed by atoms with van der Waals surface area (Å²) in [5.41, 5.74) is 0.821. The maximum Gasteiger partial charge on any atom is 0.353 e. The molecule has 0 aliphatic heterocycles. The number of fused-ring (bicyclic) bond motifs is 1. The number of rotatable bonds is 1. The average molecular weight is 271 g/mol. The summed E-state index contributed by atoms with van der Waals surface area (Å²) in [7, 11) is 0. The first-order chi connectivity index (χ1) is 6.65. The van der Waals surface area contributed by atoms with Gasteiger partial charge in [-0.2, -0.15) is 5.26 Å². The second kappa shape index (κ2) is 3.12. The number of nitrogens with zero attached hydrogens (tertiary/aromatic N) is 1. The number of carbonyl (C=O) groups is 1. The number of thiophene rings is 1. The van der Waals surface area contributed by atoms with Crippen molar-refractivity contribution in [3.05, 3.63) is 21.1 Å². The molecule has 0 atom stereocenters. The molecule has 0 bridgehead atoms. The van der Waals surface area contributed by atoms with Crippen molar-refractivity contribution in [3.63, 3.8) is 0 Å². The molecular formula is C8H3BrN2O2S. The van der Waals surface area contributed by atoms with Crippen LogP contribution < -0.4 is 0 Å². The molecule has 0 unspecified atom stereocenters. The molecule has 0 saturated carbocycles. The standard InChI is InChI=1S/C8H3BrN2O2S/c9-4-2-14-7-3(1-10)5(8(12)13)11-6(4)7/h2,11H,(H,12,13). The van der Waals surface area contributed by atoms with Gasteiger partial charge in [-0.3, -0.25) is 0 Å². The highest BCUT2D eigenvalue weighted by Crippen LogP contribution is 2.33. The average Bonchev–Trinajstić information content (AvgIpc) is 2.66. The molecule has 6 heteroatoms. The van der Waals surface area contributed by atoms with Gasteiger partial charge in [-0.05, 0) is 15.9 Å². The molecule has 0 fully saturated rings. The highest BCUT2D eigenvalue weighted by molar-refractivity contribution is 9.10. The van der Waals surface area contributed by atoms with E-state index in [1.165, 1.54) is 11.3 Å². The second-order valence-electron chi connectivity index (χ2n) is 2.58. The summed E-state index contributed by atoms with van der Waals surface area (Å²) in [5.74, 6) is -1.11. The summed E-state index contributed by atoms with van der Waals surface area (Å²) in [5, 5.41) is 19.4. The Kier molecular flexibility index (Phi) is 2.06. The van der Waals surface area contributed by atoms with E-state index in [1.54, 1.807) is 0 Å². The van der Waals surface area contributed by atoms with Gasteiger partial charge in [0.1, 0.15) is 17.3 Å². The molecule has 4 nitrogen and oxygen atoms in total. The van der Waals surface area contributed by atoms with E-state index in [0.29, 0.717) is 10.2 Å². The fraction of sp³-hybridized carbons (Fsp3) is 0. The summed E-state index contributed by atoms with van der Waals surface area (Å²) in [6, 6.07) is 1.89. The molecule has 0 aromatic carbocycles. The van der Waals surface area contributed by atoms with Crippen LogP contribution in [0, 0.1) is 11.3 Å². The number of carboxylic acids is 1. The fourth-order valence-electron chi connectivity index (χ4n) is 1.21. The minimum atomic E-state index is -1.11. The topological polar surface area (TPSA) is 76.9 Å². The Hall–Kier alpha value is -1.32. The van der Waals surface area contributed by atoms with Gasteiger partial charge in [0.25, 0.3) is 0 Å². The molecule has 0 aliphatic carbocycles. The molecular weight excluding hydrogens is 268 g/mol. The first kappa shape index (κ1) is 9.24. The van der Waals surface area contributed by atoms with Crippen molar-refractivity contribution < 1.29 is 9.90 Å². The quantitative estimate of drug-likeness (QED) is 0.836. The molecule has 2 aromatic rings. The summed E-state index contributed by atoms with van der Waals surface area (Å²) in [4.78, 5) is 13.5. The third-order valence-corrected chi connectivity index (χ3v) is 3.72. The van der Waals surface area contributed by atoms with Crippen LogP contribution in [0.25, 0.3) is 10.2 Å². The van der Waals surface area contributed by atoms with Crippen LogP contribution in [-0.2, 0) is 0 Å². The van der Waals surface area contributed by atoms with Gasteiger partial charge in [0.2, 0.25) is 0 Å². The summed E-state index contributed by atoms with van der Waals surface area (Å²) >= 11 is 4.61. The van der Waals surface area contributed by atoms with Crippen LogP contribution in [0.4, 0.5) is 0 Å². The number of H-pyrrole nitrogens is 1. The number of halogens is 1. The monoisotopic (exact) mass is 270 g/mol. The van der Waals surface area contributed by atoms with Crippen molar-refractivity contribution in [2.45, 2.75) is 0 Å². The second-order valence-corrected chi connectivity index (χ2v) is 4.31. The Morgan fingerprint density at radius 2 is 2.43 bits per heavy atom. The largest absolute Gasteiger partial charge is 0.477 e. The predicted molar refractivity (Wildman–Crippen MR) is 55.5 cm³/mol. The Morgan fingerprint density at radius 3 is 3.00 bits per heavy atom.